The highest BCUT2D eigenvalue weighted by Crippen LogP contribution is 2.24. The van der Waals surface area contributed by atoms with Gasteiger partial charge in [-0.2, -0.15) is 5.10 Å². The van der Waals surface area contributed by atoms with Gasteiger partial charge in [-0.3, -0.25) is 10.00 Å². The molecule has 2 amide bonds. The summed E-state index contributed by atoms with van der Waals surface area (Å²) in [6, 6.07) is 8.94. The van der Waals surface area contributed by atoms with Crippen molar-refractivity contribution in [3.05, 3.63) is 48.1 Å². The normalized spacial score (nSPS) is 10.5. The second-order valence-corrected chi connectivity index (χ2v) is 5.85. The van der Waals surface area contributed by atoms with Gasteiger partial charge in [0.1, 0.15) is 5.01 Å². The number of methoxy groups -OCH3 is 1. The predicted octanol–water partition coefficient (Wildman–Crippen LogP) is 3.30. The number of hydrogen-bond donors (Lipinski definition) is 2. The van der Waals surface area contributed by atoms with Crippen molar-refractivity contribution < 1.29 is 9.53 Å². The molecule has 8 heteroatoms. The molecule has 0 fully saturated rings. The Bertz CT molecular complexity index is 800. The van der Waals surface area contributed by atoms with Crippen LogP contribution in [0.1, 0.15) is 0 Å². The molecular formula is C16H17N5O2S. The van der Waals surface area contributed by atoms with Crippen molar-refractivity contribution in [2.75, 3.05) is 24.4 Å². The molecule has 24 heavy (non-hydrogen) atoms. The van der Waals surface area contributed by atoms with E-state index >= 15 is 0 Å². The summed E-state index contributed by atoms with van der Waals surface area (Å²) in [5, 5.41) is 12.6. The lowest BCUT2D eigenvalue weighted by Crippen LogP contribution is -2.20. The number of ether oxygens (including phenoxy) is 1. The summed E-state index contributed by atoms with van der Waals surface area (Å²) in [5.74, 6) is 0.486. The quantitative estimate of drug-likeness (QED) is 0.719. The first-order valence-electron chi connectivity index (χ1n) is 7.35. The zero-order valence-corrected chi connectivity index (χ0v) is 13.9. The number of carbonyl (C=O) groups excluding carboxylic acids is 1. The van der Waals surface area contributed by atoms with Gasteiger partial charge in [0.05, 0.1) is 13.2 Å². The molecule has 2 aromatic heterocycles. The van der Waals surface area contributed by atoms with Crippen molar-refractivity contribution in [1.29, 1.82) is 0 Å². The van der Waals surface area contributed by atoms with Crippen LogP contribution in [0.25, 0.3) is 10.6 Å². The number of rotatable bonds is 6. The molecule has 0 aliphatic heterocycles. The third kappa shape index (κ3) is 4.18. The van der Waals surface area contributed by atoms with E-state index in [-0.39, 0.29) is 6.03 Å². The van der Waals surface area contributed by atoms with Gasteiger partial charge >= 0.3 is 6.03 Å². The number of hydrogen-bond acceptors (Lipinski definition) is 5. The van der Waals surface area contributed by atoms with Gasteiger partial charge in [0.2, 0.25) is 0 Å². The monoisotopic (exact) mass is 343 g/mol. The lowest BCUT2D eigenvalue weighted by Gasteiger charge is -2.07. The largest absolute Gasteiger partial charge is 0.383 e. The van der Waals surface area contributed by atoms with Crippen molar-refractivity contribution >= 4 is 28.9 Å². The highest BCUT2D eigenvalue weighted by Gasteiger charge is 2.07. The van der Waals surface area contributed by atoms with E-state index in [1.807, 2.05) is 29.6 Å². The average molecular weight is 343 g/mol. The summed E-state index contributed by atoms with van der Waals surface area (Å²) in [6.07, 6.45) is 3.55. The van der Waals surface area contributed by atoms with E-state index < -0.39 is 0 Å². The molecule has 0 bridgehead atoms. The Hall–Kier alpha value is -2.71. The van der Waals surface area contributed by atoms with Crippen LogP contribution < -0.4 is 10.6 Å². The first-order valence-corrected chi connectivity index (χ1v) is 8.23. The van der Waals surface area contributed by atoms with Crippen molar-refractivity contribution in [3.63, 3.8) is 0 Å². The van der Waals surface area contributed by atoms with Gasteiger partial charge in [0.25, 0.3) is 0 Å². The van der Waals surface area contributed by atoms with E-state index in [1.54, 1.807) is 41.6 Å². The maximum atomic E-state index is 12.1. The minimum Gasteiger partial charge on any atom is -0.383 e. The number of amides is 2. The van der Waals surface area contributed by atoms with E-state index in [4.69, 9.17) is 4.74 Å². The van der Waals surface area contributed by atoms with E-state index in [0.29, 0.717) is 24.7 Å². The van der Waals surface area contributed by atoms with E-state index in [2.05, 4.69) is 20.7 Å². The second kappa shape index (κ2) is 7.71. The third-order valence-electron chi connectivity index (χ3n) is 3.21. The summed E-state index contributed by atoms with van der Waals surface area (Å²) >= 11 is 1.55. The van der Waals surface area contributed by atoms with Gasteiger partial charge in [-0.05, 0) is 12.1 Å². The molecule has 0 atom stereocenters. The lowest BCUT2D eigenvalue weighted by atomic mass is 10.2. The molecule has 0 aliphatic carbocycles. The first kappa shape index (κ1) is 16.2. The fraction of sp³-hybridized carbons (Fsp3) is 0.188. The molecule has 0 aliphatic rings. The van der Waals surface area contributed by atoms with E-state index in [0.717, 1.165) is 10.6 Å². The van der Waals surface area contributed by atoms with Gasteiger partial charge in [-0.25, -0.2) is 9.78 Å². The molecule has 0 spiro atoms. The Morgan fingerprint density at radius 2 is 2.25 bits per heavy atom. The van der Waals surface area contributed by atoms with Crippen LogP contribution in [0.3, 0.4) is 0 Å². The van der Waals surface area contributed by atoms with Crippen LogP contribution in [0.2, 0.25) is 0 Å². The van der Waals surface area contributed by atoms with Gasteiger partial charge in [0, 0.05) is 42.2 Å². The Labute approximate surface area is 143 Å². The standard InChI is InChI=1S/C16H17N5O2S/c1-23-9-8-21-7-5-14(20-21)19-16(22)18-13-4-2-3-12(11-13)15-17-6-10-24-15/h2-7,10-11H,8-9H2,1H3,(H2,18,19,20,22). The molecule has 3 aromatic rings. The summed E-state index contributed by atoms with van der Waals surface area (Å²) in [5.41, 5.74) is 1.66. The third-order valence-corrected chi connectivity index (χ3v) is 4.03. The average Bonchev–Trinajstić information content (AvgIpc) is 3.25. The molecular weight excluding hydrogens is 326 g/mol. The minimum absolute atomic E-state index is 0.344. The Morgan fingerprint density at radius 3 is 3.04 bits per heavy atom. The van der Waals surface area contributed by atoms with Gasteiger partial charge in [-0.1, -0.05) is 12.1 Å². The molecule has 7 nitrogen and oxygen atoms in total. The number of nitrogens with zero attached hydrogens (tertiary/aromatic N) is 3. The summed E-state index contributed by atoms with van der Waals surface area (Å²) in [6.45, 7) is 1.20. The summed E-state index contributed by atoms with van der Waals surface area (Å²) in [7, 11) is 1.63. The predicted molar refractivity (Wildman–Crippen MR) is 94.3 cm³/mol. The van der Waals surface area contributed by atoms with Crippen LogP contribution >= 0.6 is 11.3 Å². The van der Waals surface area contributed by atoms with E-state index in [1.165, 1.54) is 0 Å². The lowest BCUT2D eigenvalue weighted by molar-refractivity contribution is 0.183. The Balaban J connectivity index is 1.61. The number of carbonyl (C=O) groups is 1. The number of anilines is 2. The van der Waals surface area contributed by atoms with Crippen LogP contribution in [0.4, 0.5) is 16.3 Å². The number of benzene rings is 1. The molecule has 0 unspecified atom stereocenters. The zero-order valence-electron chi connectivity index (χ0n) is 13.1. The number of aromatic nitrogens is 3. The zero-order chi connectivity index (χ0) is 16.8. The SMILES string of the molecule is COCCn1ccc(NC(=O)Nc2cccc(-c3nccs3)c2)n1. The minimum atomic E-state index is -0.344. The second-order valence-electron chi connectivity index (χ2n) is 4.95. The van der Waals surface area contributed by atoms with Crippen LogP contribution in [-0.4, -0.2) is 34.5 Å². The highest BCUT2D eigenvalue weighted by atomic mass is 32.1. The number of urea groups is 1. The molecule has 3 rings (SSSR count). The fourth-order valence-electron chi connectivity index (χ4n) is 2.11. The number of thiazole rings is 1. The molecule has 1 aromatic carbocycles. The van der Waals surface area contributed by atoms with Crippen LogP contribution in [-0.2, 0) is 11.3 Å². The molecule has 124 valence electrons. The fourth-order valence-corrected chi connectivity index (χ4v) is 2.75. The Morgan fingerprint density at radius 1 is 1.33 bits per heavy atom. The topological polar surface area (TPSA) is 81.1 Å². The maximum absolute atomic E-state index is 12.1. The summed E-state index contributed by atoms with van der Waals surface area (Å²) < 4.78 is 6.70. The smallest absolute Gasteiger partial charge is 0.324 e. The molecule has 2 N–H and O–H groups in total. The van der Waals surface area contributed by atoms with Crippen LogP contribution in [0, 0.1) is 0 Å². The van der Waals surface area contributed by atoms with Crippen molar-refractivity contribution in [3.8, 4) is 10.6 Å². The maximum Gasteiger partial charge on any atom is 0.324 e. The first-order chi connectivity index (χ1) is 11.7. The van der Waals surface area contributed by atoms with E-state index in [9.17, 15) is 4.79 Å². The summed E-state index contributed by atoms with van der Waals surface area (Å²) in [4.78, 5) is 16.4. The molecule has 0 radical (unpaired) electrons. The van der Waals surface area contributed by atoms with Gasteiger partial charge in [-0.15, -0.1) is 11.3 Å². The highest BCUT2D eigenvalue weighted by molar-refractivity contribution is 7.13. The number of nitrogens with one attached hydrogen (secondary N) is 2. The molecule has 0 saturated carbocycles. The van der Waals surface area contributed by atoms with Gasteiger partial charge < -0.3 is 10.1 Å². The molecule has 2 heterocycles. The van der Waals surface area contributed by atoms with Crippen molar-refractivity contribution in [2.45, 2.75) is 6.54 Å². The van der Waals surface area contributed by atoms with Crippen molar-refractivity contribution in [2.24, 2.45) is 0 Å². The van der Waals surface area contributed by atoms with Gasteiger partial charge in [0.15, 0.2) is 5.82 Å². The molecule has 0 saturated heterocycles. The van der Waals surface area contributed by atoms with Crippen molar-refractivity contribution in [1.82, 2.24) is 14.8 Å². The Kier molecular flexibility index (Phi) is 5.19. The van der Waals surface area contributed by atoms with Crippen LogP contribution in [0.15, 0.2) is 48.1 Å². The van der Waals surface area contributed by atoms with Crippen LogP contribution in [0.5, 0.6) is 0 Å².